The summed E-state index contributed by atoms with van der Waals surface area (Å²) in [5, 5.41) is 0. The molecule has 3 aliphatic rings. The van der Waals surface area contributed by atoms with E-state index in [9.17, 15) is 0 Å². The zero-order chi connectivity index (χ0) is 25.6. The highest BCUT2D eigenvalue weighted by molar-refractivity contribution is 6.45. The molecule has 0 amide bonds. The lowest BCUT2D eigenvalue weighted by Gasteiger charge is -2.36. The molecule has 38 heavy (non-hydrogen) atoms. The molecule has 3 fully saturated rings. The lowest BCUT2D eigenvalue weighted by atomic mass is 9.77. The first-order valence-electron chi connectivity index (χ1n) is 15.0. The average Bonchev–Trinajstić information content (AvgIpc) is 3.45. The van der Waals surface area contributed by atoms with E-state index in [0.717, 1.165) is 16.7 Å². The minimum atomic E-state index is -0.750. The van der Waals surface area contributed by atoms with Crippen molar-refractivity contribution in [1.82, 2.24) is 0 Å². The lowest BCUT2D eigenvalue weighted by Crippen LogP contribution is -2.38. The van der Waals surface area contributed by atoms with Crippen LogP contribution in [-0.2, 0) is 19.6 Å². The Bertz CT molecular complexity index is 988. The Morgan fingerprint density at radius 2 is 0.921 bits per heavy atom. The third-order valence-corrected chi connectivity index (χ3v) is 9.15. The van der Waals surface area contributed by atoms with Crippen molar-refractivity contribution >= 4 is 7.12 Å². The van der Waals surface area contributed by atoms with Crippen molar-refractivity contribution in [1.29, 1.82) is 0 Å². The lowest BCUT2D eigenvalue weighted by molar-refractivity contribution is 0.0280. The second-order valence-corrected chi connectivity index (χ2v) is 11.5. The summed E-state index contributed by atoms with van der Waals surface area (Å²) in [7, 11) is -0.343. The standard InChI is InChI=1S/C34H41BO3/c1-6-16-27(17-7-1)32-33(28-18-8-2-9-19-28)38-35(37-32)26-36-34(29-20-10-3-11-21-29,30-22-12-4-13-23-30)31-24-14-5-15-25-31/h3-5,10-15,20-25,27-28,32-33H,1-2,6-9,16-19,26H2/t32-,33-/m1/s1. The Morgan fingerprint density at radius 1 is 0.553 bits per heavy atom. The third kappa shape index (κ3) is 5.36. The quantitative estimate of drug-likeness (QED) is 0.228. The van der Waals surface area contributed by atoms with E-state index in [-0.39, 0.29) is 19.3 Å². The molecule has 3 aromatic rings. The first kappa shape index (κ1) is 25.9. The molecule has 6 rings (SSSR count). The summed E-state index contributed by atoms with van der Waals surface area (Å²) in [6, 6.07) is 31.8. The molecule has 0 unspecified atom stereocenters. The molecule has 0 radical (unpaired) electrons. The second kappa shape index (κ2) is 12.2. The molecule has 1 aliphatic heterocycles. The van der Waals surface area contributed by atoms with Gasteiger partial charge >= 0.3 is 7.12 Å². The molecule has 1 saturated heterocycles. The smallest absolute Gasteiger partial charge is 0.404 e. The normalized spacial score (nSPS) is 23.5. The number of ether oxygens (including phenoxy) is 1. The van der Waals surface area contributed by atoms with Crippen LogP contribution in [0.25, 0.3) is 0 Å². The highest BCUT2D eigenvalue weighted by atomic mass is 16.7. The van der Waals surface area contributed by atoms with E-state index in [0.29, 0.717) is 18.3 Å². The molecule has 0 aromatic heterocycles. The molecule has 2 saturated carbocycles. The molecule has 3 aromatic carbocycles. The van der Waals surface area contributed by atoms with Crippen molar-refractivity contribution in [2.75, 3.05) is 6.51 Å². The van der Waals surface area contributed by atoms with Crippen LogP contribution < -0.4 is 0 Å². The predicted molar refractivity (Wildman–Crippen MR) is 154 cm³/mol. The van der Waals surface area contributed by atoms with Gasteiger partial charge in [0.1, 0.15) is 5.60 Å². The molecule has 3 nitrogen and oxygen atoms in total. The van der Waals surface area contributed by atoms with Gasteiger partial charge in [-0.1, -0.05) is 130 Å². The van der Waals surface area contributed by atoms with Gasteiger partial charge in [-0.3, -0.25) is 0 Å². The Labute approximate surface area is 229 Å². The summed E-state index contributed by atoms with van der Waals surface area (Å²) in [6.45, 7) is 0.394. The van der Waals surface area contributed by atoms with Gasteiger partial charge in [-0.15, -0.1) is 0 Å². The average molecular weight is 509 g/mol. The molecule has 2 atom stereocenters. The van der Waals surface area contributed by atoms with E-state index in [4.69, 9.17) is 14.0 Å². The number of hydrogen-bond acceptors (Lipinski definition) is 3. The van der Waals surface area contributed by atoms with Crippen LogP contribution in [0.2, 0.25) is 0 Å². The van der Waals surface area contributed by atoms with Crippen LogP contribution in [0.4, 0.5) is 0 Å². The van der Waals surface area contributed by atoms with Gasteiger partial charge in [-0.2, -0.15) is 0 Å². The monoisotopic (exact) mass is 508 g/mol. The van der Waals surface area contributed by atoms with E-state index >= 15 is 0 Å². The molecule has 0 spiro atoms. The van der Waals surface area contributed by atoms with Gasteiger partial charge in [0.15, 0.2) is 0 Å². The van der Waals surface area contributed by atoms with E-state index < -0.39 is 5.60 Å². The summed E-state index contributed by atoms with van der Waals surface area (Å²) in [5.74, 6) is 1.23. The first-order chi connectivity index (χ1) is 18.8. The summed E-state index contributed by atoms with van der Waals surface area (Å²) < 4.78 is 20.7. The Balaban J connectivity index is 1.31. The van der Waals surface area contributed by atoms with Crippen LogP contribution >= 0.6 is 0 Å². The summed E-state index contributed by atoms with van der Waals surface area (Å²) in [5.41, 5.74) is 2.59. The van der Waals surface area contributed by atoms with Crippen LogP contribution in [0.1, 0.15) is 80.9 Å². The summed E-state index contributed by atoms with van der Waals surface area (Å²) >= 11 is 0. The van der Waals surface area contributed by atoms with Gasteiger partial charge in [-0.05, 0) is 54.2 Å². The maximum Gasteiger partial charge on any atom is 0.485 e. The molecule has 198 valence electrons. The fourth-order valence-corrected chi connectivity index (χ4v) is 7.26. The largest absolute Gasteiger partial charge is 0.485 e. The van der Waals surface area contributed by atoms with Gasteiger partial charge in [0.2, 0.25) is 0 Å². The number of hydrogen-bond donors (Lipinski definition) is 0. The number of rotatable bonds is 8. The fraction of sp³-hybridized carbons (Fsp3) is 0.471. The highest BCUT2D eigenvalue weighted by Crippen LogP contribution is 2.43. The van der Waals surface area contributed by atoms with Crippen LogP contribution in [0.5, 0.6) is 0 Å². The van der Waals surface area contributed by atoms with Crippen molar-refractivity contribution in [3.63, 3.8) is 0 Å². The molecule has 1 heterocycles. The highest BCUT2D eigenvalue weighted by Gasteiger charge is 2.48. The fourth-order valence-electron chi connectivity index (χ4n) is 7.26. The van der Waals surface area contributed by atoms with Gasteiger partial charge in [0, 0.05) is 0 Å². The van der Waals surface area contributed by atoms with Crippen molar-refractivity contribution in [3.8, 4) is 0 Å². The minimum absolute atomic E-state index is 0.201. The van der Waals surface area contributed by atoms with E-state index in [1.54, 1.807) is 0 Å². The third-order valence-electron chi connectivity index (χ3n) is 9.15. The minimum Gasteiger partial charge on any atom is -0.404 e. The molecular weight excluding hydrogens is 467 g/mol. The van der Waals surface area contributed by atoms with E-state index in [1.807, 2.05) is 0 Å². The topological polar surface area (TPSA) is 27.7 Å². The first-order valence-corrected chi connectivity index (χ1v) is 15.0. The van der Waals surface area contributed by atoms with E-state index in [2.05, 4.69) is 91.0 Å². The van der Waals surface area contributed by atoms with Crippen LogP contribution in [-0.4, -0.2) is 25.8 Å². The van der Waals surface area contributed by atoms with Crippen LogP contribution in [0, 0.1) is 11.8 Å². The summed E-state index contributed by atoms with van der Waals surface area (Å²) in [6.07, 6.45) is 13.5. The zero-order valence-corrected chi connectivity index (χ0v) is 22.5. The van der Waals surface area contributed by atoms with E-state index in [1.165, 1.54) is 64.2 Å². The Hall–Kier alpha value is -2.40. The van der Waals surface area contributed by atoms with Crippen molar-refractivity contribution < 1.29 is 14.0 Å². The van der Waals surface area contributed by atoms with Gasteiger partial charge in [0.25, 0.3) is 0 Å². The SMILES string of the molecule is c1ccc(C(OCB2O[C@H](C3CCCCC3)[C@@H](C3CCCCC3)O2)(c2ccccc2)c2ccccc2)cc1. The zero-order valence-electron chi connectivity index (χ0n) is 22.5. The van der Waals surface area contributed by atoms with Gasteiger partial charge in [0.05, 0.1) is 18.7 Å². The maximum absolute atomic E-state index is 7.09. The van der Waals surface area contributed by atoms with Crippen molar-refractivity contribution in [2.24, 2.45) is 11.8 Å². The number of benzene rings is 3. The summed E-state index contributed by atoms with van der Waals surface area (Å²) in [4.78, 5) is 0. The molecule has 4 heteroatoms. The van der Waals surface area contributed by atoms with Crippen molar-refractivity contribution in [3.05, 3.63) is 108 Å². The van der Waals surface area contributed by atoms with Crippen LogP contribution in [0.15, 0.2) is 91.0 Å². The second-order valence-electron chi connectivity index (χ2n) is 11.5. The van der Waals surface area contributed by atoms with Gasteiger partial charge < -0.3 is 14.0 Å². The predicted octanol–water partition coefficient (Wildman–Crippen LogP) is 7.97. The van der Waals surface area contributed by atoms with Crippen LogP contribution in [0.3, 0.4) is 0 Å². The molecule has 0 N–H and O–H groups in total. The molecule has 2 aliphatic carbocycles. The van der Waals surface area contributed by atoms with Crippen molar-refractivity contribution in [2.45, 2.75) is 82.0 Å². The maximum atomic E-state index is 7.09. The molecule has 0 bridgehead atoms. The Morgan fingerprint density at radius 3 is 1.29 bits per heavy atom. The van der Waals surface area contributed by atoms with Gasteiger partial charge in [-0.25, -0.2) is 0 Å². The molecular formula is C34H41BO3. The Kier molecular flexibility index (Phi) is 8.30.